The molecule has 1 rings (SSSR count). The summed E-state index contributed by atoms with van der Waals surface area (Å²) in [6.07, 6.45) is 1.48. The van der Waals surface area contributed by atoms with Gasteiger partial charge in [-0.25, -0.2) is 4.98 Å². The molecule has 3 N–H and O–H groups in total. The fourth-order valence-electron chi connectivity index (χ4n) is 0.640. The van der Waals surface area contributed by atoms with Crippen LogP contribution in [-0.4, -0.2) is 17.4 Å². The summed E-state index contributed by atoms with van der Waals surface area (Å²) in [7, 11) is 0. The zero-order chi connectivity index (χ0) is 8.27. The Kier molecular flexibility index (Phi) is 2.43. The summed E-state index contributed by atoms with van der Waals surface area (Å²) in [6.45, 7) is 2.49. The third-order valence-corrected chi connectivity index (χ3v) is 1.91. The van der Waals surface area contributed by atoms with Gasteiger partial charge in [0, 0.05) is 6.54 Å². The average molecular weight is 171 g/mol. The fourth-order valence-corrected chi connectivity index (χ4v) is 1.24. The lowest BCUT2D eigenvalue weighted by atomic mass is 10.5. The van der Waals surface area contributed by atoms with E-state index in [4.69, 9.17) is 5.73 Å². The van der Waals surface area contributed by atoms with Crippen molar-refractivity contribution in [2.24, 2.45) is 0 Å². The van der Waals surface area contributed by atoms with Gasteiger partial charge in [0.25, 0.3) is 5.91 Å². The summed E-state index contributed by atoms with van der Waals surface area (Å²) in [6, 6.07) is 0. The van der Waals surface area contributed by atoms with Gasteiger partial charge in [-0.1, -0.05) is 11.3 Å². The average Bonchev–Trinajstić information content (AvgIpc) is 2.36. The standard InChI is InChI=1S/C6H9N3OS/c1-2-8-5(10)4-3-9-6(7)11-4/h3H,2H2,1H3,(H2,7,9)(H,8,10). The molecule has 0 bridgehead atoms. The second-order valence-electron chi connectivity index (χ2n) is 1.92. The Morgan fingerprint density at radius 2 is 2.64 bits per heavy atom. The monoisotopic (exact) mass is 171 g/mol. The molecule has 0 aromatic carbocycles. The molecule has 1 amide bonds. The van der Waals surface area contributed by atoms with Crippen LogP contribution in [-0.2, 0) is 0 Å². The van der Waals surface area contributed by atoms with Crippen LogP contribution >= 0.6 is 11.3 Å². The highest BCUT2D eigenvalue weighted by molar-refractivity contribution is 7.17. The molecule has 0 aliphatic rings. The van der Waals surface area contributed by atoms with Gasteiger partial charge in [0.1, 0.15) is 4.88 Å². The van der Waals surface area contributed by atoms with E-state index in [0.29, 0.717) is 16.6 Å². The van der Waals surface area contributed by atoms with Gasteiger partial charge in [-0.15, -0.1) is 0 Å². The Balaban J connectivity index is 2.69. The van der Waals surface area contributed by atoms with Crippen LogP contribution in [0.1, 0.15) is 16.6 Å². The summed E-state index contributed by atoms with van der Waals surface area (Å²) < 4.78 is 0. The number of carbonyl (C=O) groups excluding carboxylic acids is 1. The maximum Gasteiger partial charge on any atom is 0.263 e. The molecular formula is C6H9N3OS. The number of hydrogen-bond donors (Lipinski definition) is 2. The van der Waals surface area contributed by atoms with Crippen LogP contribution in [0, 0.1) is 0 Å². The third kappa shape index (κ3) is 1.91. The highest BCUT2D eigenvalue weighted by atomic mass is 32.1. The Bertz CT molecular complexity index is 258. The molecule has 4 nitrogen and oxygen atoms in total. The minimum atomic E-state index is -0.110. The van der Waals surface area contributed by atoms with Gasteiger partial charge >= 0.3 is 0 Å². The molecule has 0 fully saturated rings. The van der Waals surface area contributed by atoms with Crippen LogP contribution in [0.25, 0.3) is 0 Å². The van der Waals surface area contributed by atoms with Crippen LogP contribution in [0.3, 0.4) is 0 Å². The van der Waals surface area contributed by atoms with Crippen molar-refractivity contribution in [3.63, 3.8) is 0 Å². The van der Waals surface area contributed by atoms with Gasteiger partial charge in [0.05, 0.1) is 6.20 Å². The van der Waals surface area contributed by atoms with Gasteiger partial charge in [-0.3, -0.25) is 4.79 Å². The number of hydrogen-bond acceptors (Lipinski definition) is 4. The Hall–Kier alpha value is -1.10. The van der Waals surface area contributed by atoms with Crippen molar-refractivity contribution in [3.05, 3.63) is 11.1 Å². The number of nitrogens with zero attached hydrogens (tertiary/aromatic N) is 1. The number of amides is 1. The van der Waals surface area contributed by atoms with E-state index < -0.39 is 0 Å². The van der Waals surface area contributed by atoms with Crippen LogP contribution in [0.5, 0.6) is 0 Å². The first-order valence-electron chi connectivity index (χ1n) is 3.23. The van der Waals surface area contributed by atoms with Crippen molar-refractivity contribution in [1.82, 2.24) is 10.3 Å². The van der Waals surface area contributed by atoms with Gasteiger partial charge < -0.3 is 11.1 Å². The highest BCUT2D eigenvalue weighted by Gasteiger charge is 2.06. The number of carbonyl (C=O) groups is 1. The van der Waals surface area contributed by atoms with Gasteiger partial charge in [-0.05, 0) is 6.92 Å². The first-order valence-corrected chi connectivity index (χ1v) is 4.05. The predicted molar refractivity (Wildman–Crippen MR) is 44.5 cm³/mol. The number of anilines is 1. The molecule has 0 aliphatic carbocycles. The number of nitrogen functional groups attached to an aromatic ring is 1. The smallest absolute Gasteiger partial charge is 0.263 e. The molecule has 0 saturated carbocycles. The Labute approximate surface area is 68.4 Å². The van der Waals surface area contributed by atoms with Crippen LogP contribution in [0.4, 0.5) is 5.13 Å². The Morgan fingerprint density at radius 3 is 3.09 bits per heavy atom. The molecule has 1 heterocycles. The molecular weight excluding hydrogens is 162 g/mol. The molecule has 60 valence electrons. The topological polar surface area (TPSA) is 68.0 Å². The molecule has 0 radical (unpaired) electrons. The van der Waals surface area contributed by atoms with Crippen molar-refractivity contribution in [1.29, 1.82) is 0 Å². The molecule has 0 saturated heterocycles. The minimum Gasteiger partial charge on any atom is -0.375 e. The Morgan fingerprint density at radius 1 is 1.91 bits per heavy atom. The number of aromatic nitrogens is 1. The number of rotatable bonds is 2. The molecule has 11 heavy (non-hydrogen) atoms. The zero-order valence-corrected chi connectivity index (χ0v) is 6.94. The number of nitrogens with two attached hydrogens (primary N) is 1. The molecule has 1 aromatic rings. The normalized spacial score (nSPS) is 9.55. The maximum atomic E-state index is 11.1. The predicted octanol–water partition coefficient (Wildman–Crippen LogP) is 0.475. The van der Waals surface area contributed by atoms with Crippen molar-refractivity contribution in [3.8, 4) is 0 Å². The molecule has 1 aromatic heterocycles. The zero-order valence-electron chi connectivity index (χ0n) is 6.13. The fraction of sp³-hybridized carbons (Fsp3) is 0.333. The van der Waals surface area contributed by atoms with Crippen molar-refractivity contribution in [2.45, 2.75) is 6.92 Å². The number of nitrogens with one attached hydrogen (secondary N) is 1. The SMILES string of the molecule is CCNC(=O)c1cnc(N)s1. The summed E-state index contributed by atoms with van der Waals surface area (Å²) >= 11 is 1.19. The van der Waals surface area contributed by atoms with Crippen LogP contribution in [0.15, 0.2) is 6.20 Å². The summed E-state index contributed by atoms with van der Waals surface area (Å²) in [4.78, 5) is 15.4. The lowest BCUT2D eigenvalue weighted by Crippen LogP contribution is -2.21. The lowest BCUT2D eigenvalue weighted by molar-refractivity contribution is 0.0959. The number of thiazole rings is 1. The maximum absolute atomic E-state index is 11.1. The van der Waals surface area contributed by atoms with E-state index in [0.717, 1.165) is 0 Å². The molecule has 0 unspecified atom stereocenters. The second-order valence-corrected chi connectivity index (χ2v) is 2.98. The van der Waals surface area contributed by atoms with Crippen molar-refractivity contribution < 1.29 is 4.79 Å². The highest BCUT2D eigenvalue weighted by Crippen LogP contribution is 2.13. The van der Waals surface area contributed by atoms with Crippen LogP contribution in [0.2, 0.25) is 0 Å². The van der Waals surface area contributed by atoms with Gasteiger partial charge in [-0.2, -0.15) is 0 Å². The first-order chi connectivity index (χ1) is 5.24. The summed E-state index contributed by atoms with van der Waals surface area (Å²) in [5.74, 6) is -0.110. The second kappa shape index (κ2) is 3.34. The van der Waals surface area contributed by atoms with Crippen molar-refractivity contribution in [2.75, 3.05) is 12.3 Å². The molecule has 0 spiro atoms. The summed E-state index contributed by atoms with van der Waals surface area (Å²) in [5, 5.41) is 3.07. The van der Waals surface area contributed by atoms with E-state index in [1.54, 1.807) is 0 Å². The van der Waals surface area contributed by atoms with E-state index in [-0.39, 0.29) is 5.91 Å². The lowest BCUT2D eigenvalue weighted by Gasteiger charge is -1.95. The van der Waals surface area contributed by atoms with Crippen LogP contribution < -0.4 is 11.1 Å². The van der Waals surface area contributed by atoms with E-state index in [1.165, 1.54) is 17.5 Å². The molecule has 0 atom stereocenters. The largest absolute Gasteiger partial charge is 0.375 e. The van der Waals surface area contributed by atoms with E-state index in [2.05, 4.69) is 10.3 Å². The van der Waals surface area contributed by atoms with Crippen molar-refractivity contribution >= 4 is 22.4 Å². The van der Waals surface area contributed by atoms with Gasteiger partial charge in [0.2, 0.25) is 0 Å². The van der Waals surface area contributed by atoms with E-state index >= 15 is 0 Å². The quantitative estimate of drug-likeness (QED) is 0.679. The minimum absolute atomic E-state index is 0.110. The third-order valence-electron chi connectivity index (χ3n) is 1.08. The molecule has 0 aliphatic heterocycles. The summed E-state index contributed by atoms with van der Waals surface area (Å²) in [5.41, 5.74) is 5.34. The molecule has 5 heteroatoms. The van der Waals surface area contributed by atoms with Gasteiger partial charge in [0.15, 0.2) is 5.13 Å². The van der Waals surface area contributed by atoms with E-state index in [1.807, 2.05) is 6.92 Å². The van der Waals surface area contributed by atoms with E-state index in [9.17, 15) is 4.79 Å². The first kappa shape index (κ1) is 8.00.